The van der Waals surface area contributed by atoms with Gasteiger partial charge in [-0.3, -0.25) is 4.99 Å². The van der Waals surface area contributed by atoms with E-state index in [0.29, 0.717) is 17.2 Å². The van der Waals surface area contributed by atoms with Gasteiger partial charge in [-0.1, -0.05) is 24.3 Å². The van der Waals surface area contributed by atoms with Gasteiger partial charge < -0.3 is 19.3 Å². The standard InChI is InChI=1S/C23H21NO5/c1-27-20-9-4-3-8-19(20)24-14-16-10-11-21(22(13-16)28-2)29-15-17-6-5-7-18(12-17)23(25)26/h3-14H,15H2,1-2H3,(H,25,26). The highest BCUT2D eigenvalue weighted by Gasteiger charge is 2.08. The Hall–Kier alpha value is -3.80. The number of aliphatic imine (C=N–C) groups is 1. The first-order valence-corrected chi connectivity index (χ1v) is 8.91. The quantitative estimate of drug-likeness (QED) is 0.562. The molecular weight excluding hydrogens is 370 g/mol. The third-order valence-corrected chi connectivity index (χ3v) is 4.19. The van der Waals surface area contributed by atoms with Gasteiger partial charge in [0.2, 0.25) is 0 Å². The molecule has 0 saturated carbocycles. The van der Waals surface area contributed by atoms with Crippen LogP contribution in [-0.2, 0) is 6.61 Å². The Morgan fingerprint density at radius 1 is 0.931 bits per heavy atom. The maximum absolute atomic E-state index is 11.1. The van der Waals surface area contributed by atoms with Crippen molar-refractivity contribution < 1.29 is 24.1 Å². The largest absolute Gasteiger partial charge is 0.494 e. The lowest BCUT2D eigenvalue weighted by Crippen LogP contribution is -2.01. The summed E-state index contributed by atoms with van der Waals surface area (Å²) in [6.45, 7) is 0.228. The third kappa shape index (κ3) is 5.13. The molecule has 1 N–H and O–H groups in total. The van der Waals surface area contributed by atoms with Gasteiger partial charge in [0.25, 0.3) is 0 Å². The van der Waals surface area contributed by atoms with Crippen molar-refractivity contribution in [2.75, 3.05) is 14.2 Å². The minimum Gasteiger partial charge on any atom is -0.494 e. The predicted octanol–water partition coefficient (Wildman–Crippen LogP) is 4.73. The number of rotatable bonds is 8. The number of carboxylic acid groups (broad SMARTS) is 1. The topological polar surface area (TPSA) is 77.4 Å². The molecule has 6 nitrogen and oxygen atoms in total. The van der Waals surface area contributed by atoms with Crippen LogP contribution in [0.2, 0.25) is 0 Å². The van der Waals surface area contributed by atoms with Crippen molar-refractivity contribution in [2.24, 2.45) is 4.99 Å². The number of aromatic carboxylic acids is 1. The SMILES string of the molecule is COc1ccccc1N=Cc1ccc(OCc2cccc(C(=O)O)c2)c(OC)c1. The van der Waals surface area contributed by atoms with Gasteiger partial charge in [-0.05, 0) is 53.6 Å². The Labute approximate surface area is 169 Å². The molecule has 3 aromatic carbocycles. The van der Waals surface area contributed by atoms with E-state index in [1.807, 2.05) is 42.5 Å². The summed E-state index contributed by atoms with van der Waals surface area (Å²) in [6, 6.07) is 19.6. The molecule has 29 heavy (non-hydrogen) atoms. The van der Waals surface area contributed by atoms with Crippen molar-refractivity contribution in [1.82, 2.24) is 0 Å². The van der Waals surface area contributed by atoms with Crippen molar-refractivity contribution in [1.29, 1.82) is 0 Å². The van der Waals surface area contributed by atoms with Crippen LogP contribution in [0.15, 0.2) is 71.7 Å². The minimum absolute atomic E-state index is 0.223. The van der Waals surface area contributed by atoms with Gasteiger partial charge in [-0.25, -0.2) is 4.79 Å². The number of nitrogens with zero attached hydrogens (tertiary/aromatic N) is 1. The van der Waals surface area contributed by atoms with E-state index >= 15 is 0 Å². The van der Waals surface area contributed by atoms with Crippen LogP contribution in [0.5, 0.6) is 17.2 Å². The van der Waals surface area contributed by atoms with E-state index in [9.17, 15) is 4.79 Å². The fourth-order valence-electron chi connectivity index (χ4n) is 2.72. The second kappa shape index (κ2) is 9.41. The molecule has 0 aliphatic heterocycles. The third-order valence-electron chi connectivity index (χ3n) is 4.19. The first kappa shape index (κ1) is 19.9. The molecular formula is C23H21NO5. The van der Waals surface area contributed by atoms with E-state index in [1.165, 1.54) is 0 Å². The van der Waals surface area contributed by atoms with E-state index in [-0.39, 0.29) is 12.2 Å². The Bertz CT molecular complexity index is 1030. The summed E-state index contributed by atoms with van der Waals surface area (Å²) in [7, 11) is 3.17. The lowest BCUT2D eigenvalue weighted by molar-refractivity contribution is 0.0696. The van der Waals surface area contributed by atoms with Crippen LogP contribution < -0.4 is 14.2 Å². The molecule has 0 amide bonds. The number of carbonyl (C=O) groups is 1. The summed E-state index contributed by atoms with van der Waals surface area (Å²) in [5, 5.41) is 9.09. The highest BCUT2D eigenvalue weighted by Crippen LogP contribution is 2.30. The maximum atomic E-state index is 11.1. The average Bonchev–Trinajstić information content (AvgIpc) is 2.76. The molecule has 0 aromatic heterocycles. The van der Waals surface area contributed by atoms with Crippen molar-refractivity contribution in [2.45, 2.75) is 6.61 Å². The Morgan fingerprint density at radius 2 is 1.72 bits per heavy atom. The second-order valence-electron chi connectivity index (χ2n) is 6.13. The van der Waals surface area contributed by atoms with Crippen LogP contribution in [0.3, 0.4) is 0 Å². The lowest BCUT2D eigenvalue weighted by atomic mass is 10.1. The van der Waals surface area contributed by atoms with Crippen LogP contribution >= 0.6 is 0 Å². The van der Waals surface area contributed by atoms with Gasteiger partial charge >= 0.3 is 5.97 Å². The van der Waals surface area contributed by atoms with E-state index in [2.05, 4.69) is 4.99 Å². The van der Waals surface area contributed by atoms with E-state index in [1.54, 1.807) is 44.7 Å². The Kier molecular flexibility index (Phi) is 6.47. The molecule has 0 bridgehead atoms. The van der Waals surface area contributed by atoms with Crippen LogP contribution in [0.25, 0.3) is 0 Å². The molecule has 6 heteroatoms. The van der Waals surface area contributed by atoms with Crippen molar-refractivity contribution in [3.05, 3.63) is 83.4 Å². The molecule has 0 spiro atoms. The van der Waals surface area contributed by atoms with Gasteiger partial charge in [-0.2, -0.15) is 0 Å². The molecule has 0 heterocycles. The molecule has 3 aromatic rings. The highest BCUT2D eigenvalue weighted by atomic mass is 16.5. The molecule has 0 atom stereocenters. The van der Waals surface area contributed by atoms with Gasteiger partial charge in [0.1, 0.15) is 18.0 Å². The first-order chi connectivity index (χ1) is 14.1. The van der Waals surface area contributed by atoms with Crippen LogP contribution in [-0.4, -0.2) is 31.5 Å². The summed E-state index contributed by atoms with van der Waals surface area (Å²) < 4.78 is 16.5. The number of carboxylic acids is 1. The van der Waals surface area contributed by atoms with Gasteiger partial charge in [-0.15, -0.1) is 0 Å². The molecule has 3 rings (SSSR count). The summed E-state index contributed by atoms with van der Waals surface area (Å²) in [4.78, 5) is 15.6. The zero-order valence-electron chi connectivity index (χ0n) is 16.2. The highest BCUT2D eigenvalue weighted by molar-refractivity contribution is 5.87. The van der Waals surface area contributed by atoms with Gasteiger partial charge in [0, 0.05) is 6.21 Å². The van der Waals surface area contributed by atoms with Crippen molar-refractivity contribution in [3.8, 4) is 17.2 Å². The van der Waals surface area contributed by atoms with E-state index in [4.69, 9.17) is 19.3 Å². The summed E-state index contributed by atoms with van der Waals surface area (Å²) in [5.41, 5.74) is 2.55. The zero-order valence-corrected chi connectivity index (χ0v) is 16.2. The molecule has 0 saturated heterocycles. The fourth-order valence-corrected chi connectivity index (χ4v) is 2.72. The number of hydrogen-bond donors (Lipinski definition) is 1. The van der Waals surface area contributed by atoms with Gasteiger partial charge in [0.15, 0.2) is 11.5 Å². The minimum atomic E-state index is -0.969. The molecule has 148 valence electrons. The molecule has 0 aliphatic rings. The number of hydrogen-bond acceptors (Lipinski definition) is 5. The molecule has 0 radical (unpaired) electrons. The smallest absolute Gasteiger partial charge is 0.335 e. The number of benzene rings is 3. The molecule has 0 aliphatic carbocycles. The van der Waals surface area contributed by atoms with Gasteiger partial charge in [0.05, 0.1) is 19.8 Å². The lowest BCUT2D eigenvalue weighted by Gasteiger charge is -2.11. The predicted molar refractivity (Wildman–Crippen MR) is 111 cm³/mol. The van der Waals surface area contributed by atoms with Crippen LogP contribution in [0, 0.1) is 0 Å². The van der Waals surface area contributed by atoms with Crippen molar-refractivity contribution >= 4 is 17.9 Å². The van der Waals surface area contributed by atoms with Crippen molar-refractivity contribution in [3.63, 3.8) is 0 Å². The summed E-state index contributed by atoms with van der Waals surface area (Å²) in [5.74, 6) is 0.841. The van der Waals surface area contributed by atoms with Crippen LogP contribution in [0.1, 0.15) is 21.5 Å². The number of methoxy groups -OCH3 is 2. The second-order valence-corrected chi connectivity index (χ2v) is 6.13. The normalized spacial score (nSPS) is 10.7. The van der Waals surface area contributed by atoms with E-state index < -0.39 is 5.97 Å². The fraction of sp³-hybridized carbons (Fsp3) is 0.130. The van der Waals surface area contributed by atoms with E-state index in [0.717, 1.165) is 16.8 Å². The Morgan fingerprint density at radius 3 is 2.48 bits per heavy atom. The Balaban J connectivity index is 1.74. The first-order valence-electron chi connectivity index (χ1n) is 8.91. The number of ether oxygens (including phenoxy) is 3. The molecule has 0 unspecified atom stereocenters. The van der Waals surface area contributed by atoms with Crippen LogP contribution in [0.4, 0.5) is 5.69 Å². The monoisotopic (exact) mass is 391 g/mol. The maximum Gasteiger partial charge on any atom is 0.335 e. The average molecular weight is 391 g/mol. The zero-order chi connectivity index (χ0) is 20.6. The molecule has 0 fully saturated rings. The number of para-hydroxylation sites is 2. The summed E-state index contributed by atoms with van der Waals surface area (Å²) >= 11 is 0. The summed E-state index contributed by atoms with van der Waals surface area (Å²) in [6.07, 6.45) is 1.72.